The van der Waals surface area contributed by atoms with Crippen molar-refractivity contribution in [2.75, 3.05) is 5.32 Å². The fourth-order valence-electron chi connectivity index (χ4n) is 3.20. The van der Waals surface area contributed by atoms with Gasteiger partial charge in [-0.3, -0.25) is 9.78 Å². The van der Waals surface area contributed by atoms with Crippen molar-refractivity contribution in [3.05, 3.63) is 77.9 Å². The number of aryl methyl sites for hydroxylation is 2. The number of anilines is 1. The van der Waals surface area contributed by atoms with Crippen LogP contribution in [0.4, 0.5) is 5.69 Å². The molecule has 6 nitrogen and oxygen atoms in total. The average molecular weight is 357 g/mol. The molecule has 0 spiro atoms. The second-order valence-electron chi connectivity index (χ2n) is 6.40. The van der Waals surface area contributed by atoms with Gasteiger partial charge in [-0.15, -0.1) is 0 Å². The quantitative estimate of drug-likeness (QED) is 0.605. The van der Waals surface area contributed by atoms with E-state index in [9.17, 15) is 4.79 Å². The Morgan fingerprint density at radius 1 is 1.11 bits per heavy atom. The largest absolute Gasteiger partial charge is 0.324 e. The highest BCUT2D eigenvalue weighted by Gasteiger charge is 2.13. The van der Waals surface area contributed by atoms with E-state index in [4.69, 9.17) is 0 Å². The summed E-state index contributed by atoms with van der Waals surface area (Å²) in [5.41, 5.74) is 4.55. The van der Waals surface area contributed by atoms with Crippen LogP contribution in [0, 0.1) is 13.8 Å². The summed E-state index contributed by atoms with van der Waals surface area (Å²) in [6, 6.07) is 13.5. The monoisotopic (exact) mass is 357 g/mol. The molecule has 27 heavy (non-hydrogen) atoms. The molecule has 1 N–H and O–H groups in total. The standard InChI is InChI=1S/C21H19N5O/c1-14-17-6-3-4-7-19(17)24-15(2)18(14)12-21(27)25-16-8-9-20(22-13-16)26-11-5-10-23-26/h3-11,13H,12H2,1-2H3,(H,25,27). The summed E-state index contributed by atoms with van der Waals surface area (Å²) in [6.45, 7) is 3.99. The number of benzene rings is 1. The average Bonchev–Trinajstić information content (AvgIpc) is 3.20. The number of hydrogen-bond acceptors (Lipinski definition) is 4. The van der Waals surface area contributed by atoms with Gasteiger partial charge in [-0.2, -0.15) is 5.10 Å². The highest BCUT2D eigenvalue weighted by atomic mass is 16.1. The minimum absolute atomic E-state index is 0.0908. The van der Waals surface area contributed by atoms with E-state index in [2.05, 4.69) is 20.4 Å². The van der Waals surface area contributed by atoms with Crippen LogP contribution in [0.1, 0.15) is 16.8 Å². The fraction of sp³-hybridized carbons (Fsp3) is 0.143. The lowest BCUT2D eigenvalue weighted by Crippen LogP contribution is -2.16. The second-order valence-corrected chi connectivity index (χ2v) is 6.40. The molecule has 0 aliphatic carbocycles. The summed E-state index contributed by atoms with van der Waals surface area (Å²) in [5, 5.41) is 8.12. The number of aromatic nitrogens is 4. The van der Waals surface area contributed by atoms with Gasteiger partial charge in [0, 0.05) is 23.5 Å². The molecule has 0 aliphatic rings. The van der Waals surface area contributed by atoms with E-state index in [0.29, 0.717) is 11.5 Å². The van der Waals surface area contributed by atoms with Gasteiger partial charge >= 0.3 is 0 Å². The molecule has 0 unspecified atom stereocenters. The number of para-hydroxylation sites is 1. The van der Waals surface area contributed by atoms with Crippen molar-refractivity contribution in [1.82, 2.24) is 19.7 Å². The summed E-state index contributed by atoms with van der Waals surface area (Å²) < 4.78 is 1.67. The van der Waals surface area contributed by atoms with E-state index in [0.717, 1.165) is 27.7 Å². The summed E-state index contributed by atoms with van der Waals surface area (Å²) in [4.78, 5) is 21.5. The van der Waals surface area contributed by atoms with Crippen LogP contribution in [0.15, 0.2) is 61.1 Å². The van der Waals surface area contributed by atoms with E-state index >= 15 is 0 Å². The molecule has 3 aromatic heterocycles. The normalized spacial score (nSPS) is 10.9. The molecule has 0 fully saturated rings. The summed E-state index contributed by atoms with van der Waals surface area (Å²) >= 11 is 0. The minimum atomic E-state index is -0.0908. The summed E-state index contributed by atoms with van der Waals surface area (Å²) in [7, 11) is 0. The Hall–Kier alpha value is -3.54. The van der Waals surface area contributed by atoms with E-state index in [1.165, 1.54) is 0 Å². The third-order valence-corrected chi connectivity index (χ3v) is 4.59. The van der Waals surface area contributed by atoms with Gasteiger partial charge in [-0.25, -0.2) is 9.67 Å². The molecule has 3 heterocycles. The first-order valence-electron chi connectivity index (χ1n) is 8.72. The van der Waals surface area contributed by atoms with Crippen molar-refractivity contribution in [3.63, 3.8) is 0 Å². The Morgan fingerprint density at radius 3 is 2.70 bits per heavy atom. The van der Waals surface area contributed by atoms with Crippen LogP contribution in [0.2, 0.25) is 0 Å². The van der Waals surface area contributed by atoms with E-state index in [-0.39, 0.29) is 12.3 Å². The number of nitrogens with one attached hydrogen (secondary N) is 1. The molecule has 0 bridgehead atoms. The summed E-state index contributed by atoms with van der Waals surface area (Å²) in [6.07, 6.45) is 5.42. The van der Waals surface area contributed by atoms with Crippen molar-refractivity contribution in [3.8, 4) is 5.82 Å². The van der Waals surface area contributed by atoms with Gasteiger partial charge in [0.05, 0.1) is 23.8 Å². The van der Waals surface area contributed by atoms with Crippen LogP contribution in [0.25, 0.3) is 16.7 Å². The van der Waals surface area contributed by atoms with Crippen LogP contribution < -0.4 is 5.32 Å². The van der Waals surface area contributed by atoms with Crippen LogP contribution >= 0.6 is 0 Å². The molecule has 0 atom stereocenters. The van der Waals surface area contributed by atoms with Gasteiger partial charge in [0.1, 0.15) is 0 Å². The Balaban J connectivity index is 1.52. The zero-order valence-electron chi connectivity index (χ0n) is 15.2. The molecule has 4 rings (SSSR count). The molecule has 0 saturated heterocycles. The number of carbonyl (C=O) groups excluding carboxylic acids is 1. The van der Waals surface area contributed by atoms with Gasteiger partial charge in [-0.05, 0) is 49.2 Å². The van der Waals surface area contributed by atoms with Crippen LogP contribution in [0.5, 0.6) is 0 Å². The van der Waals surface area contributed by atoms with Gasteiger partial charge in [-0.1, -0.05) is 18.2 Å². The predicted octanol–water partition coefficient (Wildman–Crippen LogP) is 3.61. The molecule has 134 valence electrons. The van der Waals surface area contributed by atoms with E-state index < -0.39 is 0 Å². The Kier molecular flexibility index (Phi) is 4.38. The van der Waals surface area contributed by atoms with Gasteiger partial charge in [0.15, 0.2) is 5.82 Å². The maximum Gasteiger partial charge on any atom is 0.228 e. The zero-order valence-corrected chi connectivity index (χ0v) is 15.2. The van der Waals surface area contributed by atoms with E-state index in [1.54, 1.807) is 17.1 Å². The molecule has 0 saturated carbocycles. The third kappa shape index (κ3) is 3.42. The van der Waals surface area contributed by atoms with Crippen molar-refractivity contribution >= 4 is 22.5 Å². The first-order valence-corrected chi connectivity index (χ1v) is 8.72. The van der Waals surface area contributed by atoms with Gasteiger partial charge < -0.3 is 5.32 Å². The highest BCUT2D eigenvalue weighted by Crippen LogP contribution is 2.23. The van der Waals surface area contributed by atoms with Crippen molar-refractivity contribution in [2.45, 2.75) is 20.3 Å². The first kappa shape index (κ1) is 16.9. The van der Waals surface area contributed by atoms with Gasteiger partial charge in [0.2, 0.25) is 5.91 Å². The zero-order chi connectivity index (χ0) is 18.8. The van der Waals surface area contributed by atoms with Crippen LogP contribution in [-0.4, -0.2) is 25.7 Å². The molecule has 0 aliphatic heterocycles. The third-order valence-electron chi connectivity index (χ3n) is 4.59. The van der Waals surface area contributed by atoms with Gasteiger partial charge in [0.25, 0.3) is 0 Å². The lowest BCUT2D eigenvalue weighted by molar-refractivity contribution is -0.115. The molecule has 4 aromatic rings. The molecular weight excluding hydrogens is 338 g/mol. The number of rotatable bonds is 4. The lowest BCUT2D eigenvalue weighted by atomic mass is 9.99. The molecular formula is C21H19N5O. The number of carbonyl (C=O) groups is 1. The number of nitrogens with zero attached hydrogens (tertiary/aromatic N) is 4. The number of pyridine rings is 2. The Labute approximate surface area is 156 Å². The van der Waals surface area contributed by atoms with Crippen LogP contribution in [-0.2, 0) is 11.2 Å². The lowest BCUT2D eigenvalue weighted by Gasteiger charge is -2.12. The second kappa shape index (κ2) is 6.99. The minimum Gasteiger partial charge on any atom is -0.324 e. The fourth-order valence-corrected chi connectivity index (χ4v) is 3.20. The number of amides is 1. The van der Waals surface area contributed by atoms with E-state index in [1.807, 2.05) is 62.5 Å². The maximum absolute atomic E-state index is 12.6. The first-order chi connectivity index (χ1) is 13.1. The molecule has 0 radical (unpaired) electrons. The Morgan fingerprint density at radius 2 is 1.96 bits per heavy atom. The van der Waals surface area contributed by atoms with Crippen molar-refractivity contribution < 1.29 is 4.79 Å². The summed E-state index contributed by atoms with van der Waals surface area (Å²) in [5.74, 6) is 0.607. The Bertz CT molecular complexity index is 1100. The van der Waals surface area contributed by atoms with Crippen molar-refractivity contribution in [1.29, 1.82) is 0 Å². The molecule has 1 aromatic carbocycles. The SMILES string of the molecule is Cc1nc2ccccc2c(C)c1CC(=O)Nc1ccc(-n2cccn2)nc1. The smallest absolute Gasteiger partial charge is 0.228 e. The number of hydrogen-bond donors (Lipinski definition) is 1. The highest BCUT2D eigenvalue weighted by molar-refractivity contribution is 5.93. The molecule has 6 heteroatoms. The van der Waals surface area contributed by atoms with Crippen molar-refractivity contribution in [2.24, 2.45) is 0 Å². The predicted molar refractivity (Wildman–Crippen MR) is 105 cm³/mol. The maximum atomic E-state index is 12.6. The number of fused-ring (bicyclic) bond motifs is 1. The topological polar surface area (TPSA) is 72.7 Å². The van der Waals surface area contributed by atoms with Crippen LogP contribution in [0.3, 0.4) is 0 Å². The molecule has 1 amide bonds.